The Labute approximate surface area is 121 Å². The molecule has 0 saturated carbocycles. The topological polar surface area (TPSA) is 54.4 Å². The van der Waals surface area contributed by atoms with Crippen LogP contribution in [0.4, 0.5) is 0 Å². The Balaban J connectivity index is 2.19. The molecule has 1 N–H and O–H groups in total. The number of carbonyl (C=O) groups is 2. The molecule has 0 heterocycles. The summed E-state index contributed by atoms with van der Waals surface area (Å²) in [6, 6.07) is 16.2. The maximum absolute atomic E-state index is 11.1. The third kappa shape index (κ3) is 2.30. The summed E-state index contributed by atoms with van der Waals surface area (Å²) in [4.78, 5) is 21.9. The van der Waals surface area contributed by atoms with Crippen molar-refractivity contribution in [2.75, 3.05) is 0 Å². The highest BCUT2D eigenvalue weighted by molar-refractivity contribution is 6.02. The molecule has 0 saturated heterocycles. The van der Waals surface area contributed by atoms with Crippen molar-refractivity contribution in [3.05, 3.63) is 65.7 Å². The lowest BCUT2D eigenvalue weighted by Crippen LogP contribution is -1.87. The van der Waals surface area contributed by atoms with Crippen molar-refractivity contribution in [2.24, 2.45) is 0 Å². The first-order valence-electron chi connectivity index (χ1n) is 6.49. The molecule has 0 spiro atoms. The number of fused-ring (bicyclic) bond motifs is 1. The number of hydrogen-bond donors (Lipinski definition) is 1. The van der Waals surface area contributed by atoms with Crippen LogP contribution >= 0.6 is 0 Å². The second-order valence-corrected chi connectivity index (χ2v) is 4.80. The van der Waals surface area contributed by atoms with Crippen molar-refractivity contribution in [3.8, 4) is 16.9 Å². The van der Waals surface area contributed by atoms with Gasteiger partial charge in [0.2, 0.25) is 0 Å². The fraction of sp³-hybridized carbons (Fsp3) is 0. The van der Waals surface area contributed by atoms with Gasteiger partial charge in [-0.25, -0.2) is 0 Å². The second kappa shape index (κ2) is 5.21. The molecule has 0 aliphatic rings. The Morgan fingerprint density at radius 2 is 1.62 bits per heavy atom. The number of aldehydes is 2. The van der Waals surface area contributed by atoms with E-state index in [1.165, 1.54) is 6.07 Å². The van der Waals surface area contributed by atoms with Gasteiger partial charge in [-0.05, 0) is 40.1 Å². The zero-order chi connectivity index (χ0) is 14.8. The molecule has 0 radical (unpaired) electrons. The van der Waals surface area contributed by atoms with Gasteiger partial charge in [0.25, 0.3) is 0 Å². The molecule has 0 atom stereocenters. The minimum Gasteiger partial charge on any atom is -0.507 e. The maximum Gasteiger partial charge on any atom is 0.154 e. The van der Waals surface area contributed by atoms with Crippen LogP contribution in [0.25, 0.3) is 21.9 Å². The Morgan fingerprint density at radius 3 is 2.38 bits per heavy atom. The highest BCUT2D eigenvalue weighted by atomic mass is 16.3. The molecule has 0 aliphatic heterocycles. The Bertz CT molecular complexity index is 850. The summed E-state index contributed by atoms with van der Waals surface area (Å²) in [6.45, 7) is 0. The zero-order valence-corrected chi connectivity index (χ0v) is 11.1. The van der Waals surface area contributed by atoms with Gasteiger partial charge in [0.05, 0.1) is 5.56 Å². The second-order valence-electron chi connectivity index (χ2n) is 4.80. The van der Waals surface area contributed by atoms with E-state index in [1.807, 2.05) is 36.4 Å². The van der Waals surface area contributed by atoms with Crippen LogP contribution in [0.3, 0.4) is 0 Å². The van der Waals surface area contributed by atoms with Crippen LogP contribution < -0.4 is 0 Å². The van der Waals surface area contributed by atoms with Crippen LogP contribution in [0.5, 0.6) is 5.75 Å². The first kappa shape index (κ1) is 13.1. The molecule has 0 bridgehead atoms. The zero-order valence-electron chi connectivity index (χ0n) is 11.1. The largest absolute Gasteiger partial charge is 0.507 e. The minimum absolute atomic E-state index is 0.0202. The number of hydrogen-bond acceptors (Lipinski definition) is 3. The lowest BCUT2D eigenvalue weighted by Gasteiger charge is -2.07. The van der Waals surface area contributed by atoms with Crippen molar-refractivity contribution >= 4 is 23.3 Å². The van der Waals surface area contributed by atoms with Gasteiger partial charge in [0, 0.05) is 5.56 Å². The predicted molar refractivity (Wildman–Crippen MR) is 81.8 cm³/mol. The van der Waals surface area contributed by atoms with E-state index in [0.29, 0.717) is 22.8 Å². The summed E-state index contributed by atoms with van der Waals surface area (Å²) in [6.07, 6.45) is 1.47. The molecule has 3 aromatic rings. The molecule has 3 nitrogen and oxygen atoms in total. The lowest BCUT2D eigenvalue weighted by molar-refractivity contribution is 0.111. The van der Waals surface area contributed by atoms with Crippen LogP contribution in [0.2, 0.25) is 0 Å². The number of rotatable bonds is 3. The SMILES string of the molecule is O=Cc1cccc(-c2ccc3c(C=O)c(O)ccc3c2)c1. The van der Waals surface area contributed by atoms with Gasteiger partial charge in [-0.3, -0.25) is 9.59 Å². The van der Waals surface area contributed by atoms with Crippen LogP contribution in [0.15, 0.2) is 54.6 Å². The third-order valence-electron chi connectivity index (χ3n) is 3.51. The number of benzene rings is 3. The summed E-state index contributed by atoms with van der Waals surface area (Å²) in [5, 5.41) is 11.3. The van der Waals surface area contributed by atoms with Crippen molar-refractivity contribution in [1.82, 2.24) is 0 Å². The minimum atomic E-state index is -0.0202. The molecular weight excluding hydrogens is 264 g/mol. The summed E-state index contributed by atoms with van der Waals surface area (Å²) < 4.78 is 0. The van der Waals surface area contributed by atoms with Crippen LogP contribution in [-0.4, -0.2) is 17.7 Å². The van der Waals surface area contributed by atoms with Gasteiger partial charge in [0.15, 0.2) is 6.29 Å². The van der Waals surface area contributed by atoms with E-state index in [1.54, 1.807) is 12.1 Å². The average molecular weight is 276 g/mol. The third-order valence-corrected chi connectivity index (χ3v) is 3.51. The number of carbonyl (C=O) groups excluding carboxylic acids is 2. The molecule has 3 aromatic carbocycles. The van der Waals surface area contributed by atoms with Crippen molar-refractivity contribution in [2.45, 2.75) is 0 Å². The normalized spacial score (nSPS) is 10.5. The van der Waals surface area contributed by atoms with E-state index >= 15 is 0 Å². The maximum atomic E-state index is 11.1. The monoisotopic (exact) mass is 276 g/mol. The molecule has 0 aromatic heterocycles. The highest BCUT2D eigenvalue weighted by Gasteiger charge is 2.07. The molecule has 3 heteroatoms. The molecule has 3 rings (SSSR count). The van der Waals surface area contributed by atoms with E-state index in [2.05, 4.69) is 0 Å². The van der Waals surface area contributed by atoms with Gasteiger partial charge in [-0.2, -0.15) is 0 Å². The molecule has 0 fully saturated rings. The van der Waals surface area contributed by atoms with Crippen molar-refractivity contribution in [1.29, 1.82) is 0 Å². The standard InChI is InChI=1S/C18H12O3/c19-10-12-2-1-3-13(8-12)14-4-6-16-15(9-14)5-7-18(21)17(16)11-20/h1-11,21H. The number of aromatic hydroxyl groups is 1. The highest BCUT2D eigenvalue weighted by Crippen LogP contribution is 2.30. The molecule has 21 heavy (non-hydrogen) atoms. The van der Waals surface area contributed by atoms with Crippen molar-refractivity contribution < 1.29 is 14.7 Å². The van der Waals surface area contributed by atoms with Gasteiger partial charge in [-0.15, -0.1) is 0 Å². The Morgan fingerprint density at radius 1 is 0.810 bits per heavy atom. The first-order valence-corrected chi connectivity index (χ1v) is 6.49. The quantitative estimate of drug-likeness (QED) is 0.739. The van der Waals surface area contributed by atoms with E-state index in [4.69, 9.17) is 0 Å². The number of phenolic OH excluding ortho intramolecular Hbond substituents is 1. The van der Waals surface area contributed by atoms with E-state index in [0.717, 1.165) is 22.8 Å². The molecule has 0 unspecified atom stereocenters. The smallest absolute Gasteiger partial charge is 0.154 e. The van der Waals surface area contributed by atoms with Crippen LogP contribution in [0.1, 0.15) is 20.7 Å². The van der Waals surface area contributed by atoms with Crippen molar-refractivity contribution in [3.63, 3.8) is 0 Å². The molecule has 0 amide bonds. The molecular formula is C18H12O3. The van der Waals surface area contributed by atoms with Gasteiger partial charge in [-0.1, -0.05) is 36.4 Å². The number of phenols is 1. The Kier molecular flexibility index (Phi) is 3.24. The van der Waals surface area contributed by atoms with Gasteiger partial charge < -0.3 is 5.11 Å². The van der Waals surface area contributed by atoms with Gasteiger partial charge in [0.1, 0.15) is 12.0 Å². The summed E-state index contributed by atoms with van der Waals surface area (Å²) in [7, 11) is 0. The van der Waals surface area contributed by atoms with E-state index < -0.39 is 0 Å². The van der Waals surface area contributed by atoms with E-state index in [-0.39, 0.29) is 5.75 Å². The van der Waals surface area contributed by atoms with Gasteiger partial charge >= 0.3 is 0 Å². The molecule has 0 aliphatic carbocycles. The van der Waals surface area contributed by atoms with E-state index in [9.17, 15) is 14.7 Å². The fourth-order valence-electron chi connectivity index (χ4n) is 2.44. The Hall–Kier alpha value is -2.94. The predicted octanol–water partition coefficient (Wildman–Crippen LogP) is 3.84. The van der Waals surface area contributed by atoms with Crippen LogP contribution in [-0.2, 0) is 0 Å². The fourth-order valence-corrected chi connectivity index (χ4v) is 2.44. The lowest BCUT2D eigenvalue weighted by atomic mass is 9.97. The van der Waals surface area contributed by atoms with Crippen LogP contribution in [0, 0.1) is 0 Å². The summed E-state index contributed by atoms with van der Waals surface area (Å²) >= 11 is 0. The first-order chi connectivity index (χ1) is 10.2. The summed E-state index contributed by atoms with van der Waals surface area (Å²) in [5.41, 5.74) is 2.79. The summed E-state index contributed by atoms with van der Waals surface area (Å²) in [5.74, 6) is -0.0202. The molecule has 102 valence electrons. The average Bonchev–Trinajstić information content (AvgIpc) is 2.54.